The standard InChI is InChI=1S/C35H39ClF4N4O6/c36-28-13-22(29(37)16-30(28)41-33(46)27-19-50-31-4-2-1-3-26(27)31)14-32(45)44-17-23(43-11-9-42(10-12-43)20-35(38,39)40)15-24(44)18-49-25-7-5-21(6-8-25)34(47)48/h1-4,13,16,19,21,23-25H,5-12,14-15,17-18,20H2,(H,41,46)(H,47,48)/t21?,23-,24-,25?/m0/s1. The van der Waals surface area contributed by atoms with Crippen LogP contribution in [0.4, 0.5) is 23.2 Å². The first-order valence-electron chi connectivity index (χ1n) is 16.8. The number of hydrogen-bond acceptors (Lipinski definition) is 7. The Kier molecular flexibility index (Phi) is 11.0. The molecule has 3 aromatic rings. The maximum atomic E-state index is 15.5. The Morgan fingerprint density at radius 3 is 2.46 bits per heavy atom. The number of carboxylic acids is 1. The Morgan fingerprint density at radius 2 is 1.76 bits per heavy atom. The summed E-state index contributed by atoms with van der Waals surface area (Å²) in [5, 5.41) is 12.6. The highest BCUT2D eigenvalue weighted by Gasteiger charge is 2.41. The molecule has 1 aromatic heterocycles. The molecular weight excluding hydrogens is 684 g/mol. The third-order valence-electron chi connectivity index (χ3n) is 10.0. The lowest BCUT2D eigenvalue weighted by Gasteiger charge is -2.38. The van der Waals surface area contributed by atoms with Crippen molar-refractivity contribution in [2.45, 2.75) is 62.9 Å². The second-order valence-electron chi connectivity index (χ2n) is 13.4. The molecule has 0 unspecified atom stereocenters. The first-order valence-corrected chi connectivity index (χ1v) is 17.1. The number of likely N-dealkylation sites (tertiary alicyclic amines) is 1. The van der Waals surface area contributed by atoms with E-state index in [1.807, 2.05) is 0 Å². The van der Waals surface area contributed by atoms with Crippen LogP contribution >= 0.6 is 11.6 Å². The molecule has 10 nitrogen and oxygen atoms in total. The molecule has 3 heterocycles. The molecule has 15 heteroatoms. The number of benzene rings is 2. The van der Waals surface area contributed by atoms with E-state index in [9.17, 15) is 32.7 Å². The van der Waals surface area contributed by atoms with E-state index in [0.717, 1.165) is 6.07 Å². The van der Waals surface area contributed by atoms with Crippen LogP contribution in [0.1, 0.15) is 48.0 Å². The fraction of sp³-hybridized carbons (Fsp3) is 0.514. The summed E-state index contributed by atoms with van der Waals surface area (Å²) in [5.74, 6) is -2.84. The molecule has 0 radical (unpaired) electrons. The van der Waals surface area contributed by atoms with Gasteiger partial charge in [-0.2, -0.15) is 13.2 Å². The van der Waals surface area contributed by atoms with Gasteiger partial charge in [0.15, 0.2) is 0 Å². The second-order valence-corrected chi connectivity index (χ2v) is 13.8. The topological polar surface area (TPSA) is 116 Å². The molecule has 2 aliphatic heterocycles. The third kappa shape index (κ3) is 8.59. The van der Waals surface area contributed by atoms with Gasteiger partial charge in [-0.05, 0) is 55.9 Å². The number of carbonyl (C=O) groups is 3. The molecule has 2 saturated heterocycles. The number of furan rings is 1. The first kappa shape index (κ1) is 36.1. The van der Waals surface area contributed by atoms with Crippen LogP contribution in [0.3, 0.4) is 0 Å². The maximum Gasteiger partial charge on any atom is 0.401 e. The number of aliphatic carboxylic acids is 1. The molecular formula is C35H39ClF4N4O6. The van der Waals surface area contributed by atoms with Crippen LogP contribution in [-0.2, 0) is 20.7 Å². The summed E-state index contributed by atoms with van der Waals surface area (Å²) in [6, 6.07) is 8.89. The average molecular weight is 723 g/mol. The smallest absolute Gasteiger partial charge is 0.401 e. The van der Waals surface area contributed by atoms with Crippen LogP contribution in [0.15, 0.2) is 47.1 Å². The zero-order valence-electron chi connectivity index (χ0n) is 27.3. The summed E-state index contributed by atoms with van der Waals surface area (Å²) < 4.78 is 65.9. The maximum absolute atomic E-state index is 15.5. The predicted octanol–water partition coefficient (Wildman–Crippen LogP) is 5.83. The van der Waals surface area contributed by atoms with Crippen molar-refractivity contribution in [1.82, 2.24) is 14.7 Å². The Labute approximate surface area is 291 Å². The van der Waals surface area contributed by atoms with E-state index in [1.54, 1.807) is 29.2 Å². The van der Waals surface area contributed by atoms with Crippen LogP contribution in [0.2, 0.25) is 5.02 Å². The number of rotatable bonds is 10. The number of amides is 2. The minimum absolute atomic E-state index is 0.0328. The summed E-state index contributed by atoms with van der Waals surface area (Å²) in [6.45, 7) is 0.884. The Morgan fingerprint density at radius 1 is 1.04 bits per heavy atom. The van der Waals surface area contributed by atoms with Gasteiger partial charge in [0.2, 0.25) is 5.91 Å². The van der Waals surface area contributed by atoms with E-state index in [0.29, 0.717) is 62.7 Å². The summed E-state index contributed by atoms with van der Waals surface area (Å²) >= 11 is 6.47. The molecule has 2 amide bonds. The van der Waals surface area contributed by atoms with Crippen molar-refractivity contribution in [3.05, 3.63) is 64.6 Å². The largest absolute Gasteiger partial charge is 0.481 e. The molecule has 2 atom stereocenters. The fourth-order valence-electron chi connectivity index (χ4n) is 7.31. The number of piperazine rings is 1. The van der Waals surface area contributed by atoms with Gasteiger partial charge in [0.25, 0.3) is 5.91 Å². The highest BCUT2D eigenvalue weighted by atomic mass is 35.5. The zero-order chi connectivity index (χ0) is 35.6. The van der Waals surface area contributed by atoms with Gasteiger partial charge in [-0.15, -0.1) is 0 Å². The molecule has 6 rings (SSSR count). The van der Waals surface area contributed by atoms with E-state index in [-0.39, 0.29) is 72.0 Å². The summed E-state index contributed by atoms with van der Waals surface area (Å²) in [6.07, 6.45) is -0.694. The second kappa shape index (κ2) is 15.3. The lowest BCUT2D eigenvalue weighted by Crippen LogP contribution is -2.52. The van der Waals surface area contributed by atoms with Gasteiger partial charge < -0.3 is 24.5 Å². The lowest BCUT2D eigenvalue weighted by molar-refractivity contribution is -0.150. The van der Waals surface area contributed by atoms with Crippen molar-refractivity contribution in [2.24, 2.45) is 5.92 Å². The minimum atomic E-state index is -4.28. The number of anilines is 1. The lowest BCUT2D eigenvalue weighted by atomic mass is 9.87. The van der Waals surface area contributed by atoms with Gasteiger partial charge in [0, 0.05) is 44.2 Å². The zero-order valence-corrected chi connectivity index (χ0v) is 28.0. The molecule has 3 fully saturated rings. The van der Waals surface area contributed by atoms with Crippen molar-refractivity contribution in [3.8, 4) is 0 Å². The number of para-hydroxylation sites is 1. The number of carbonyl (C=O) groups excluding carboxylic acids is 2. The highest BCUT2D eigenvalue weighted by Crippen LogP contribution is 2.32. The predicted molar refractivity (Wildman–Crippen MR) is 177 cm³/mol. The summed E-state index contributed by atoms with van der Waals surface area (Å²) in [5.41, 5.74) is 0.851. The average Bonchev–Trinajstić information content (AvgIpc) is 3.71. The van der Waals surface area contributed by atoms with Crippen molar-refractivity contribution in [2.75, 3.05) is 51.2 Å². The number of carboxylic acid groups (broad SMARTS) is 1. The Bertz CT molecular complexity index is 1700. The highest BCUT2D eigenvalue weighted by molar-refractivity contribution is 6.34. The van der Waals surface area contributed by atoms with Crippen molar-refractivity contribution in [1.29, 1.82) is 0 Å². The number of ether oxygens (including phenoxy) is 1. The van der Waals surface area contributed by atoms with Crippen LogP contribution in [0.25, 0.3) is 11.0 Å². The monoisotopic (exact) mass is 722 g/mol. The minimum Gasteiger partial charge on any atom is -0.481 e. The van der Waals surface area contributed by atoms with Gasteiger partial charge in [-0.25, -0.2) is 4.39 Å². The summed E-state index contributed by atoms with van der Waals surface area (Å²) in [4.78, 5) is 43.3. The van der Waals surface area contributed by atoms with E-state index >= 15 is 4.39 Å². The van der Waals surface area contributed by atoms with Crippen molar-refractivity contribution in [3.63, 3.8) is 0 Å². The molecule has 3 aliphatic rings. The van der Waals surface area contributed by atoms with Gasteiger partial charge in [0.1, 0.15) is 17.7 Å². The normalized spacial score (nSPS) is 23.7. The van der Waals surface area contributed by atoms with Gasteiger partial charge in [-0.3, -0.25) is 24.2 Å². The van der Waals surface area contributed by atoms with Gasteiger partial charge >= 0.3 is 12.1 Å². The number of nitrogens with zero attached hydrogens (tertiary/aromatic N) is 3. The third-order valence-corrected chi connectivity index (χ3v) is 10.4. The molecule has 2 N–H and O–H groups in total. The molecule has 0 bridgehead atoms. The van der Waals surface area contributed by atoms with Crippen LogP contribution in [0, 0.1) is 11.7 Å². The quantitative estimate of drug-likeness (QED) is 0.252. The molecule has 0 spiro atoms. The number of halogens is 5. The van der Waals surface area contributed by atoms with E-state index < -0.39 is 36.3 Å². The van der Waals surface area contributed by atoms with E-state index in [4.69, 9.17) is 20.8 Å². The SMILES string of the molecule is O=C(Nc1cc(F)c(CC(=O)N2C[C@@H](N3CCN(CC(F)(F)F)CC3)C[C@H]2COC2CCC(C(=O)O)CC2)cc1Cl)c1coc2ccccc12. The molecule has 50 heavy (non-hydrogen) atoms. The first-order chi connectivity index (χ1) is 23.8. The van der Waals surface area contributed by atoms with Gasteiger partial charge in [-0.1, -0.05) is 29.8 Å². The number of hydrogen-bond donors (Lipinski definition) is 2. The van der Waals surface area contributed by atoms with Crippen LogP contribution in [0.5, 0.6) is 0 Å². The number of fused-ring (bicyclic) bond motifs is 1. The van der Waals surface area contributed by atoms with Crippen molar-refractivity contribution >= 4 is 46.0 Å². The van der Waals surface area contributed by atoms with Crippen LogP contribution < -0.4 is 5.32 Å². The van der Waals surface area contributed by atoms with Crippen molar-refractivity contribution < 1.29 is 46.2 Å². The Hall–Kier alpha value is -3.72. The molecule has 1 saturated carbocycles. The van der Waals surface area contributed by atoms with E-state index in [2.05, 4.69) is 10.2 Å². The molecule has 2 aromatic carbocycles. The Balaban J connectivity index is 1.12. The number of alkyl halides is 3. The van der Waals surface area contributed by atoms with Crippen LogP contribution in [-0.4, -0.2) is 108 Å². The fourth-order valence-corrected chi connectivity index (χ4v) is 7.54. The van der Waals surface area contributed by atoms with E-state index in [1.165, 1.54) is 17.2 Å². The van der Waals surface area contributed by atoms with Gasteiger partial charge in [0.05, 0.1) is 53.9 Å². The molecule has 1 aliphatic carbocycles. The number of nitrogens with one attached hydrogen (secondary N) is 1. The summed E-state index contributed by atoms with van der Waals surface area (Å²) in [7, 11) is 0. The molecule has 270 valence electrons.